The maximum absolute atomic E-state index is 5.27. The van der Waals surface area contributed by atoms with Crippen LogP contribution in [0.15, 0.2) is 36.9 Å². The summed E-state index contributed by atoms with van der Waals surface area (Å²) in [5.74, 6) is 0.541. The summed E-state index contributed by atoms with van der Waals surface area (Å²) in [6.45, 7) is 2.50. The Kier molecular flexibility index (Phi) is 2.88. The second-order valence-electron chi connectivity index (χ2n) is 2.92. The van der Waals surface area contributed by atoms with Gasteiger partial charge in [-0.05, 0) is 19.1 Å². The highest BCUT2D eigenvalue weighted by atomic mass is 16.5. The monoisotopic (exact) mass is 201 g/mol. The summed E-state index contributed by atoms with van der Waals surface area (Å²) in [4.78, 5) is 12.4. The fourth-order valence-corrected chi connectivity index (χ4v) is 1.22. The number of hydrogen-bond acceptors (Lipinski definition) is 4. The summed E-state index contributed by atoms with van der Waals surface area (Å²) in [6.07, 6.45) is 6.77. The summed E-state index contributed by atoms with van der Waals surface area (Å²) < 4.78 is 5.27. The second-order valence-corrected chi connectivity index (χ2v) is 2.92. The van der Waals surface area contributed by atoms with Crippen molar-refractivity contribution < 1.29 is 4.74 Å². The zero-order chi connectivity index (χ0) is 10.5. The van der Waals surface area contributed by atoms with Gasteiger partial charge in [0.15, 0.2) is 0 Å². The molecule has 0 saturated carbocycles. The fourth-order valence-electron chi connectivity index (χ4n) is 1.22. The van der Waals surface area contributed by atoms with Gasteiger partial charge in [0, 0.05) is 18.0 Å². The first-order chi connectivity index (χ1) is 7.40. The quantitative estimate of drug-likeness (QED) is 0.761. The van der Waals surface area contributed by atoms with E-state index >= 15 is 0 Å². The molecule has 0 aliphatic heterocycles. The molecule has 76 valence electrons. The third-order valence-electron chi connectivity index (χ3n) is 1.86. The van der Waals surface area contributed by atoms with Gasteiger partial charge in [-0.3, -0.25) is 9.97 Å². The Morgan fingerprint density at radius 3 is 2.87 bits per heavy atom. The van der Waals surface area contributed by atoms with Crippen LogP contribution in [0.25, 0.3) is 11.3 Å². The van der Waals surface area contributed by atoms with Crippen molar-refractivity contribution >= 4 is 0 Å². The molecular weight excluding hydrogens is 190 g/mol. The molecule has 0 saturated heterocycles. The van der Waals surface area contributed by atoms with Crippen molar-refractivity contribution in [1.29, 1.82) is 0 Å². The molecule has 0 spiro atoms. The van der Waals surface area contributed by atoms with E-state index in [1.807, 2.05) is 19.1 Å². The smallest absolute Gasteiger partial charge is 0.232 e. The first-order valence-corrected chi connectivity index (χ1v) is 4.75. The number of pyridine rings is 1. The molecule has 0 fully saturated rings. The number of ether oxygens (including phenoxy) is 1. The van der Waals surface area contributed by atoms with Gasteiger partial charge in [0.25, 0.3) is 0 Å². The number of aromatic nitrogens is 3. The van der Waals surface area contributed by atoms with Crippen LogP contribution >= 0.6 is 0 Å². The van der Waals surface area contributed by atoms with E-state index in [0.717, 1.165) is 11.3 Å². The van der Waals surface area contributed by atoms with Crippen LogP contribution in [-0.2, 0) is 0 Å². The van der Waals surface area contributed by atoms with Crippen LogP contribution in [0.3, 0.4) is 0 Å². The maximum atomic E-state index is 5.27. The molecule has 0 atom stereocenters. The van der Waals surface area contributed by atoms with Gasteiger partial charge < -0.3 is 4.74 Å². The number of rotatable bonds is 3. The minimum absolute atomic E-state index is 0.541. The lowest BCUT2D eigenvalue weighted by molar-refractivity contribution is 0.325. The first-order valence-electron chi connectivity index (χ1n) is 4.75. The minimum Gasteiger partial charge on any atom is -0.477 e. The highest BCUT2D eigenvalue weighted by molar-refractivity contribution is 5.56. The van der Waals surface area contributed by atoms with Gasteiger partial charge >= 0.3 is 0 Å². The van der Waals surface area contributed by atoms with E-state index in [9.17, 15) is 0 Å². The van der Waals surface area contributed by atoms with E-state index in [4.69, 9.17) is 4.74 Å². The third kappa shape index (κ3) is 2.28. The molecule has 4 nitrogen and oxygen atoms in total. The molecule has 2 aromatic rings. The van der Waals surface area contributed by atoms with Gasteiger partial charge in [0.2, 0.25) is 5.88 Å². The number of nitrogens with zero attached hydrogens (tertiary/aromatic N) is 3. The molecule has 0 bridgehead atoms. The van der Waals surface area contributed by atoms with Gasteiger partial charge in [-0.2, -0.15) is 0 Å². The van der Waals surface area contributed by atoms with Crippen LogP contribution in [0, 0.1) is 0 Å². The Hall–Kier alpha value is -1.97. The largest absolute Gasteiger partial charge is 0.477 e. The number of hydrogen-bond donors (Lipinski definition) is 0. The van der Waals surface area contributed by atoms with Crippen molar-refractivity contribution in [3.8, 4) is 17.1 Å². The van der Waals surface area contributed by atoms with E-state index in [0.29, 0.717) is 12.5 Å². The predicted octanol–water partition coefficient (Wildman–Crippen LogP) is 1.94. The lowest BCUT2D eigenvalue weighted by Gasteiger charge is -2.03. The van der Waals surface area contributed by atoms with Crippen molar-refractivity contribution in [3.63, 3.8) is 0 Å². The van der Waals surface area contributed by atoms with E-state index in [-0.39, 0.29) is 0 Å². The Labute approximate surface area is 88.0 Å². The Morgan fingerprint density at radius 2 is 2.13 bits per heavy atom. The van der Waals surface area contributed by atoms with Crippen molar-refractivity contribution in [3.05, 3.63) is 36.9 Å². The summed E-state index contributed by atoms with van der Waals surface area (Å²) in [5, 5.41) is 0. The lowest BCUT2D eigenvalue weighted by atomic mass is 10.2. The van der Waals surface area contributed by atoms with Gasteiger partial charge in [0.05, 0.1) is 24.7 Å². The van der Waals surface area contributed by atoms with Crippen LogP contribution in [0.5, 0.6) is 5.88 Å². The van der Waals surface area contributed by atoms with E-state index in [1.165, 1.54) is 0 Å². The van der Waals surface area contributed by atoms with Crippen LogP contribution in [0.4, 0.5) is 0 Å². The van der Waals surface area contributed by atoms with Crippen LogP contribution < -0.4 is 4.74 Å². The van der Waals surface area contributed by atoms with E-state index in [2.05, 4.69) is 15.0 Å². The second kappa shape index (κ2) is 4.50. The Bertz CT molecular complexity index is 431. The summed E-state index contributed by atoms with van der Waals surface area (Å²) in [5.41, 5.74) is 1.71. The van der Waals surface area contributed by atoms with E-state index in [1.54, 1.807) is 24.8 Å². The molecule has 2 heterocycles. The molecule has 4 heteroatoms. The average molecular weight is 201 g/mol. The topological polar surface area (TPSA) is 47.9 Å². The SMILES string of the molecule is CCOc1cncc(-c2cccnc2)n1. The minimum atomic E-state index is 0.541. The molecule has 0 aliphatic rings. The molecule has 0 unspecified atom stereocenters. The predicted molar refractivity (Wildman–Crippen MR) is 56.4 cm³/mol. The van der Waals surface area contributed by atoms with Crippen molar-refractivity contribution in [2.75, 3.05) is 6.61 Å². The molecule has 0 radical (unpaired) electrons. The molecule has 0 amide bonds. The van der Waals surface area contributed by atoms with Gasteiger partial charge in [0.1, 0.15) is 0 Å². The normalized spacial score (nSPS) is 9.93. The zero-order valence-electron chi connectivity index (χ0n) is 8.42. The lowest BCUT2D eigenvalue weighted by Crippen LogP contribution is -1.96. The zero-order valence-corrected chi connectivity index (χ0v) is 8.42. The summed E-state index contributed by atoms with van der Waals surface area (Å²) in [6, 6.07) is 3.80. The van der Waals surface area contributed by atoms with Crippen molar-refractivity contribution in [2.24, 2.45) is 0 Å². The summed E-state index contributed by atoms with van der Waals surface area (Å²) >= 11 is 0. The first kappa shape index (κ1) is 9.58. The van der Waals surface area contributed by atoms with Crippen LogP contribution in [0.2, 0.25) is 0 Å². The van der Waals surface area contributed by atoms with Crippen LogP contribution in [-0.4, -0.2) is 21.6 Å². The average Bonchev–Trinajstić information content (AvgIpc) is 2.31. The molecule has 2 rings (SSSR count). The van der Waals surface area contributed by atoms with Crippen molar-refractivity contribution in [2.45, 2.75) is 6.92 Å². The van der Waals surface area contributed by atoms with E-state index < -0.39 is 0 Å². The Morgan fingerprint density at radius 1 is 1.20 bits per heavy atom. The van der Waals surface area contributed by atoms with Crippen molar-refractivity contribution in [1.82, 2.24) is 15.0 Å². The van der Waals surface area contributed by atoms with Gasteiger partial charge in [-0.1, -0.05) is 0 Å². The Balaban J connectivity index is 2.33. The fraction of sp³-hybridized carbons (Fsp3) is 0.182. The molecule has 0 N–H and O–H groups in total. The standard InChI is InChI=1S/C11H11N3O/c1-2-15-11-8-13-7-10(14-11)9-4-3-5-12-6-9/h3-8H,2H2,1H3. The van der Waals surface area contributed by atoms with Crippen LogP contribution in [0.1, 0.15) is 6.92 Å². The molecule has 0 aliphatic carbocycles. The highest BCUT2D eigenvalue weighted by Crippen LogP contribution is 2.16. The third-order valence-corrected chi connectivity index (χ3v) is 1.86. The highest BCUT2D eigenvalue weighted by Gasteiger charge is 2.01. The summed E-state index contributed by atoms with van der Waals surface area (Å²) in [7, 11) is 0. The molecule has 15 heavy (non-hydrogen) atoms. The van der Waals surface area contributed by atoms with Gasteiger partial charge in [-0.15, -0.1) is 0 Å². The molecular formula is C11H11N3O. The molecule has 2 aromatic heterocycles. The molecule has 0 aromatic carbocycles. The maximum Gasteiger partial charge on any atom is 0.232 e. The van der Waals surface area contributed by atoms with Gasteiger partial charge in [-0.25, -0.2) is 4.98 Å².